The van der Waals surface area contributed by atoms with Crippen LogP contribution >= 0.6 is 33.9 Å². The molecule has 0 aliphatic carbocycles. The van der Waals surface area contributed by atoms with E-state index in [4.69, 9.17) is 0 Å². The monoisotopic (exact) mass is 481 g/mol. The summed E-state index contributed by atoms with van der Waals surface area (Å²) in [5.41, 5.74) is 1.33. The first-order chi connectivity index (χ1) is 12.5. The first-order valence-corrected chi connectivity index (χ1v) is 9.53. The van der Waals surface area contributed by atoms with Crippen LogP contribution in [0.25, 0.3) is 11.3 Å². The van der Waals surface area contributed by atoms with E-state index in [1.807, 2.05) is 12.1 Å². The molecular formula is C18H13FIN3O2S. The van der Waals surface area contributed by atoms with Gasteiger partial charge in [-0.25, -0.2) is 9.37 Å². The molecule has 0 aliphatic rings. The average Bonchev–Trinajstić information content (AvgIpc) is 3.08. The zero-order valence-electron chi connectivity index (χ0n) is 13.3. The Morgan fingerprint density at radius 1 is 1.12 bits per heavy atom. The summed E-state index contributed by atoms with van der Waals surface area (Å²) in [6, 6.07) is 13.4. The van der Waals surface area contributed by atoms with Crippen LogP contribution in [0.15, 0.2) is 53.9 Å². The van der Waals surface area contributed by atoms with Gasteiger partial charge < -0.3 is 10.6 Å². The molecule has 0 spiro atoms. The molecule has 2 aromatic carbocycles. The van der Waals surface area contributed by atoms with Crippen LogP contribution in [0, 0.1) is 9.39 Å². The fourth-order valence-corrected chi connectivity index (χ4v) is 3.55. The second kappa shape index (κ2) is 8.37. The number of hydrogen-bond acceptors (Lipinski definition) is 4. The molecule has 3 aromatic rings. The molecule has 1 aromatic heterocycles. The smallest absolute Gasteiger partial charge is 0.252 e. The van der Waals surface area contributed by atoms with Crippen molar-refractivity contribution in [2.45, 2.75) is 0 Å². The third kappa shape index (κ3) is 4.44. The van der Waals surface area contributed by atoms with Crippen molar-refractivity contribution in [1.29, 1.82) is 0 Å². The van der Waals surface area contributed by atoms with Crippen molar-refractivity contribution >= 4 is 50.9 Å². The van der Waals surface area contributed by atoms with Gasteiger partial charge in [0.25, 0.3) is 5.91 Å². The number of halogens is 2. The SMILES string of the molecule is O=C(CNC(=O)c1ccccc1I)Nc1nc(-c2ccccc2F)cs1. The van der Waals surface area contributed by atoms with E-state index in [0.717, 1.165) is 3.57 Å². The summed E-state index contributed by atoms with van der Waals surface area (Å²) in [6.07, 6.45) is 0. The van der Waals surface area contributed by atoms with Gasteiger partial charge in [0, 0.05) is 14.5 Å². The van der Waals surface area contributed by atoms with E-state index in [9.17, 15) is 14.0 Å². The molecule has 0 atom stereocenters. The fourth-order valence-electron chi connectivity index (χ4n) is 2.19. The maximum Gasteiger partial charge on any atom is 0.252 e. The van der Waals surface area contributed by atoms with Crippen molar-refractivity contribution in [3.63, 3.8) is 0 Å². The summed E-state index contributed by atoms with van der Waals surface area (Å²) >= 11 is 3.25. The largest absolute Gasteiger partial charge is 0.343 e. The van der Waals surface area contributed by atoms with Gasteiger partial charge in [0.1, 0.15) is 5.82 Å². The van der Waals surface area contributed by atoms with Crippen molar-refractivity contribution in [2.24, 2.45) is 0 Å². The zero-order valence-corrected chi connectivity index (χ0v) is 16.3. The molecule has 26 heavy (non-hydrogen) atoms. The first kappa shape index (κ1) is 18.5. The molecule has 0 saturated heterocycles. The predicted molar refractivity (Wildman–Crippen MR) is 108 cm³/mol. The second-order valence-electron chi connectivity index (χ2n) is 5.23. The Balaban J connectivity index is 1.58. The second-order valence-corrected chi connectivity index (χ2v) is 7.25. The molecule has 0 aliphatic heterocycles. The predicted octanol–water partition coefficient (Wildman–Crippen LogP) is 3.92. The van der Waals surface area contributed by atoms with Crippen molar-refractivity contribution in [1.82, 2.24) is 10.3 Å². The minimum absolute atomic E-state index is 0.182. The molecule has 8 heteroatoms. The highest BCUT2D eigenvalue weighted by Gasteiger charge is 2.13. The van der Waals surface area contributed by atoms with Gasteiger partial charge in [0.05, 0.1) is 17.8 Å². The van der Waals surface area contributed by atoms with Crippen molar-refractivity contribution < 1.29 is 14.0 Å². The molecule has 2 N–H and O–H groups in total. The van der Waals surface area contributed by atoms with Crippen LogP contribution in [0.1, 0.15) is 10.4 Å². The zero-order chi connectivity index (χ0) is 18.5. The van der Waals surface area contributed by atoms with Crippen LogP contribution in [0.3, 0.4) is 0 Å². The van der Waals surface area contributed by atoms with Gasteiger partial charge >= 0.3 is 0 Å². The van der Waals surface area contributed by atoms with Crippen molar-refractivity contribution in [2.75, 3.05) is 11.9 Å². The lowest BCUT2D eigenvalue weighted by atomic mass is 10.2. The van der Waals surface area contributed by atoms with E-state index < -0.39 is 5.91 Å². The summed E-state index contributed by atoms with van der Waals surface area (Å²) < 4.78 is 14.6. The number of hydrogen-bond donors (Lipinski definition) is 2. The van der Waals surface area contributed by atoms with Crippen molar-refractivity contribution in [3.8, 4) is 11.3 Å². The van der Waals surface area contributed by atoms with E-state index in [1.54, 1.807) is 35.7 Å². The highest BCUT2D eigenvalue weighted by Crippen LogP contribution is 2.26. The van der Waals surface area contributed by atoms with Crippen LogP contribution in [0.2, 0.25) is 0 Å². The van der Waals surface area contributed by atoms with Crippen LogP contribution in [-0.2, 0) is 4.79 Å². The Kier molecular flexibility index (Phi) is 5.94. The van der Waals surface area contributed by atoms with E-state index in [0.29, 0.717) is 22.0 Å². The normalized spacial score (nSPS) is 10.4. The molecular weight excluding hydrogens is 468 g/mol. The lowest BCUT2D eigenvalue weighted by molar-refractivity contribution is -0.115. The quantitative estimate of drug-likeness (QED) is 0.543. The highest BCUT2D eigenvalue weighted by atomic mass is 127. The molecule has 0 bridgehead atoms. The third-order valence-electron chi connectivity index (χ3n) is 3.43. The summed E-state index contributed by atoms with van der Waals surface area (Å²) in [6.45, 7) is -0.182. The number of nitrogens with zero attached hydrogens (tertiary/aromatic N) is 1. The maximum atomic E-state index is 13.8. The lowest BCUT2D eigenvalue weighted by Crippen LogP contribution is -2.33. The minimum Gasteiger partial charge on any atom is -0.343 e. The lowest BCUT2D eigenvalue weighted by Gasteiger charge is -2.06. The van der Waals surface area contributed by atoms with Gasteiger partial charge in [0.2, 0.25) is 5.91 Å². The Hall–Kier alpha value is -2.33. The maximum absolute atomic E-state index is 13.8. The van der Waals surface area contributed by atoms with E-state index in [2.05, 4.69) is 38.2 Å². The molecule has 3 rings (SSSR count). The first-order valence-electron chi connectivity index (χ1n) is 7.57. The molecule has 0 unspecified atom stereocenters. The van der Waals surface area contributed by atoms with Gasteiger partial charge in [0.15, 0.2) is 5.13 Å². The Bertz CT molecular complexity index is 961. The summed E-state index contributed by atoms with van der Waals surface area (Å²) in [4.78, 5) is 28.3. The summed E-state index contributed by atoms with van der Waals surface area (Å²) in [5.74, 6) is -1.10. The molecule has 2 amide bonds. The standard InChI is InChI=1S/C18H13FIN3O2S/c19-13-7-3-1-5-11(13)15-10-26-18(22-15)23-16(24)9-21-17(25)12-6-2-4-8-14(12)20/h1-8,10H,9H2,(H,21,25)(H,22,23,24). The van der Waals surface area contributed by atoms with Crippen LogP contribution in [0.4, 0.5) is 9.52 Å². The number of anilines is 1. The summed E-state index contributed by atoms with van der Waals surface area (Å²) in [5, 5.41) is 7.18. The molecule has 0 fully saturated rings. The Morgan fingerprint density at radius 3 is 2.62 bits per heavy atom. The van der Waals surface area contributed by atoms with E-state index in [1.165, 1.54) is 17.4 Å². The minimum atomic E-state index is -0.404. The Labute approximate surface area is 166 Å². The topological polar surface area (TPSA) is 71.1 Å². The van der Waals surface area contributed by atoms with Crippen LogP contribution < -0.4 is 10.6 Å². The summed E-state index contributed by atoms with van der Waals surface area (Å²) in [7, 11) is 0. The number of benzene rings is 2. The third-order valence-corrected chi connectivity index (χ3v) is 5.13. The van der Waals surface area contributed by atoms with Gasteiger partial charge in [-0.3, -0.25) is 9.59 Å². The molecule has 1 heterocycles. The molecule has 0 saturated carbocycles. The van der Waals surface area contributed by atoms with Crippen LogP contribution in [-0.4, -0.2) is 23.3 Å². The number of carbonyl (C=O) groups excluding carboxylic acids is 2. The van der Waals surface area contributed by atoms with Gasteiger partial charge in [-0.2, -0.15) is 0 Å². The van der Waals surface area contributed by atoms with Gasteiger partial charge in [-0.15, -0.1) is 11.3 Å². The number of amides is 2. The highest BCUT2D eigenvalue weighted by molar-refractivity contribution is 14.1. The average molecular weight is 481 g/mol. The Morgan fingerprint density at radius 2 is 1.85 bits per heavy atom. The van der Waals surface area contributed by atoms with E-state index in [-0.39, 0.29) is 18.3 Å². The fraction of sp³-hybridized carbons (Fsp3) is 0.0556. The van der Waals surface area contributed by atoms with Crippen LogP contribution in [0.5, 0.6) is 0 Å². The number of carbonyl (C=O) groups is 2. The van der Waals surface area contributed by atoms with Gasteiger partial charge in [-0.1, -0.05) is 24.3 Å². The number of nitrogens with one attached hydrogen (secondary N) is 2. The van der Waals surface area contributed by atoms with Gasteiger partial charge in [-0.05, 0) is 46.9 Å². The molecule has 0 radical (unpaired) electrons. The number of aromatic nitrogens is 1. The number of thiazole rings is 1. The molecule has 5 nitrogen and oxygen atoms in total. The molecule has 132 valence electrons. The number of rotatable bonds is 5. The van der Waals surface area contributed by atoms with E-state index >= 15 is 0 Å². The van der Waals surface area contributed by atoms with Crippen molar-refractivity contribution in [3.05, 3.63) is 68.9 Å².